The first kappa shape index (κ1) is 22.1. The number of halogens is 4. The third-order valence-corrected chi connectivity index (χ3v) is 6.65. The maximum Gasteiger partial charge on any atom is 0.283 e. The molecule has 0 saturated carbocycles. The van der Waals surface area contributed by atoms with E-state index in [-0.39, 0.29) is 15.6 Å². The van der Waals surface area contributed by atoms with Crippen LogP contribution in [0.3, 0.4) is 0 Å². The summed E-state index contributed by atoms with van der Waals surface area (Å²) in [5.74, 6) is -0.993. The minimum absolute atomic E-state index is 0.137. The lowest BCUT2D eigenvalue weighted by Gasteiger charge is -2.16. The second-order valence-electron chi connectivity index (χ2n) is 6.44. The molecule has 0 aromatic heterocycles. The van der Waals surface area contributed by atoms with Gasteiger partial charge in [0.15, 0.2) is 0 Å². The fourth-order valence-electron chi connectivity index (χ4n) is 2.90. The predicted octanol–water partition coefficient (Wildman–Crippen LogP) is 7.29. The number of hydrogen-bond donors (Lipinski definition) is 1. The Labute approximate surface area is 202 Å². The summed E-state index contributed by atoms with van der Waals surface area (Å²) in [6, 6.07) is 18.4. The Kier molecular flexibility index (Phi) is 6.51. The van der Waals surface area contributed by atoms with E-state index in [1.165, 1.54) is 12.1 Å². The molecule has 1 aliphatic heterocycles. The van der Waals surface area contributed by atoms with Gasteiger partial charge in [-0.3, -0.25) is 9.59 Å². The molecule has 4 nitrogen and oxygen atoms in total. The molecule has 0 atom stereocenters. The van der Waals surface area contributed by atoms with Gasteiger partial charge in [0.2, 0.25) is 0 Å². The van der Waals surface area contributed by atoms with E-state index in [0.717, 1.165) is 21.6 Å². The lowest BCUT2D eigenvalue weighted by Crippen LogP contribution is -2.32. The Morgan fingerprint density at radius 3 is 2.16 bits per heavy atom. The summed E-state index contributed by atoms with van der Waals surface area (Å²) in [5.41, 5.74) is 1.04. The molecule has 0 radical (unpaired) electrons. The number of hydrogen-bond acceptors (Lipinski definition) is 4. The van der Waals surface area contributed by atoms with Gasteiger partial charge in [0.1, 0.15) is 10.6 Å². The highest BCUT2D eigenvalue weighted by molar-refractivity contribution is 8.04. The van der Waals surface area contributed by atoms with Gasteiger partial charge in [-0.1, -0.05) is 64.2 Å². The number of rotatable bonds is 5. The van der Waals surface area contributed by atoms with Crippen molar-refractivity contribution in [3.63, 3.8) is 0 Å². The zero-order valence-corrected chi connectivity index (χ0v) is 19.4. The summed E-state index contributed by atoms with van der Waals surface area (Å²) in [6.07, 6.45) is 0. The molecule has 1 aliphatic rings. The topological polar surface area (TPSA) is 49.4 Å². The van der Waals surface area contributed by atoms with Crippen LogP contribution in [0.15, 0.2) is 82.2 Å². The Balaban J connectivity index is 1.75. The fraction of sp³-hybridized carbons (Fsp3) is 0. The van der Waals surface area contributed by atoms with Crippen LogP contribution in [-0.4, -0.2) is 11.8 Å². The van der Waals surface area contributed by atoms with Gasteiger partial charge in [-0.15, -0.1) is 0 Å². The summed E-state index contributed by atoms with van der Waals surface area (Å²) >= 11 is 25.3. The minimum Gasteiger partial charge on any atom is -0.350 e. The van der Waals surface area contributed by atoms with Crippen LogP contribution in [0.5, 0.6) is 0 Å². The first-order valence-electron chi connectivity index (χ1n) is 8.87. The van der Waals surface area contributed by atoms with Gasteiger partial charge in [0, 0.05) is 20.6 Å². The van der Waals surface area contributed by atoms with Crippen LogP contribution < -0.4 is 10.2 Å². The van der Waals surface area contributed by atoms with Crippen molar-refractivity contribution in [2.45, 2.75) is 4.90 Å². The van der Waals surface area contributed by atoms with Crippen LogP contribution in [0, 0.1) is 0 Å². The number of carbonyl (C=O) groups excluding carboxylic acids is 2. The Bertz CT molecular complexity index is 1230. The molecule has 1 heterocycles. The van der Waals surface area contributed by atoms with Crippen molar-refractivity contribution in [1.29, 1.82) is 0 Å². The zero-order chi connectivity index (χ0) is 22.1. The highest BCUT2D eigenvalue weighted by atomic mass is 35.5. The second-order valence-corrected chi connectivity index (χ2v) is 9.21. The fourth-order valence-corrected chi connectivity index (χ4v) is 4.44. The largest absolute Gasteiger partial charge is 0.350 e. The molecule has 31 heavy (non-hydrogen) atoms. The van der Waals surface area contributed by atoms with Crippen molar-refractivity contribution >= 4 is 81.4 Å². The number of thioether (sulfide) groups is 1. The third kappa shape index (κ3) is 4.71. The van der Waals surface area contributed by atoms with Gasteiger partial charge >= 0.3 is 0 Å². The van der Waals surface area contributed by atoms with Gasteiger partial charge in [0.25, 0.3) is 11.8 Å². The molecular weight excluding hydrogens is 498 g/mol. The number of benzene rings is 3. The van der Waals surface area contributed by atoms with Crippen molar-refractivity contribution < 1.29 is 9.59 Å². The van der Waals surface area contributed by atoms with Gasteiger partial charge in [-0.25, -0.2) is 4.90 Å². The van der Waals surface area contributed by atoms with Crippen LogP contribution in [0.25, 0.3) is 0 Å². The number of imide groups is 1. The SMILES string of the molecule is O=C1C(Nc2cccc(Cl)c2)=C(Sc2ccc(Cl)cc2)C(=O)N1c1ccc(Cl)c(Cl)c1. The molecule has 9 heteroatoms. The first-order valence-corrected chi connectivity index (χ1v) is 11.2. The third-order valence-electron chi connectivity index (χ3n) is 4.33. The molecule has 0 fully saturated rings. The Morgan fingerprint density at radius 2 is 1.48 bits per heavy atom. The van der Waals surface area contributed by atoms with Crippen molar-refractivity contribution in [3.8, 4) is 0 Å². The van der Waals surface area contributed by atoms with Crippen LogP contribution in [0.4, 0.5) is 11.4 Å². The summed E-state index contributed by atoms with van der Waals surface area (Å²) in [5, 5.41) is 4.68. The molecule has 1 N–H and O–H groups in total. The molecule has 0 spiro atoms. The van der Waals surface area contributed by atoms with Crippen LogP contribution >= 0.6 is 58.2 Å². The van der Waals surface area contributed by atoms with E-state index in [1.54, 1.807) is 54.6 Å². The number of nitrogens with one attached hydrogen (secondary N) is 1. The number of nitrogens with zero attached hydrogens (tertiary/aromatic N) is 1. The maximum atomic E-state index is 13.3. The van der Waals surface area contributed by atoms with Gasteiger partial charge in [0.05, 0.1) is 15.7 Å². The summed E-state index contributed by atoms with van der Waals surface area (Å²) in [7, 11) is 0. The van der Waals surface area contributed by atoms with E-state index in [1.807, 2.05) is 0 Å². The molecular formula is C22H12Cl4N2O2S. The van der Waals surface area contributed by atoms with Gasteiger partial charge in [-0.05, 0) is 60.7 Å². The van der Waals surface area contributed by atoms with Crippen molar-refractivity contribution in [2.24, 2.45) is 0 Å². The van der Waals surface area contributed by atoms with E-state index >= 15 is 0 Å². The standard InChI is InChI=1S/C22H12Cl4N2O2S/c23-12-4-7-16(8-5-12)31-20-19(27-14-3-1-2-13(24)10-14)21(29)28(22(20)30)15-6-9-17(25)18(26)11-15/h1-11,27H. The van der Waals surface area contributed by atoms with Gasteiger partial charge < -0.3 is 5.32 Å². The lowest BCUT2D eigenvalue weighted by molar-refractivity contribution is -0.120. The summed E-state index contributed by atoms with van der Waals surface area (Å²) in [4.78, 5) is 28.7. The molecule has 0 saturated heterocycles. The smallest absolute Gasteiger partial charge is 0.283 e. The minimum atomic E-state index is -0.514. The number of anilines is 2. The average Bonchev–Trinajstić information content (AvgIpc) is 2.96. The van der Waals surface area contributed by atoms with Crippen LogP contribution in [0.1, 0.15) is 0 Å². The van der Waals surface area contributed by atoms with E-state index in [9.17, 15) is 9.59 Å². The van der Waals surface area contributed by atoms with E-state index < -0.39 is 11.8 Å². The van der Waals surface area contributed by atoms with Crippen LogP contribution in [-0.2, 0) is 9.59 Å². The first-order chi connectivity index (χ1) is 14.8. The van der Waals surface area contributed by atoms with Crippen LogP contribution in [0.2, 0.25) is 20.1 Å². The normalized spacial score (nSPS) is 13.9. The molecule has 156 valence electrons. The number of amides is 2. The van der Waals surface area contributed by atoms with E-state index in [0.29, 0.717) is 26.4 Å². The molecule has 0 aliphatic carbocycles. The maximum absolute atomic E-state index is 13.3. The Morgan fingerprint density at radius 1 is 0.742 bits per heavy atom. The van der Waals surface area contributed by atoms with Crippen molar-refractivity contribution in [3.05, 3.63) is 97.4 Å². The summed E-state index contributed by atoms with van der Waals surface area (Å²) < 4.78 is 0. The molecule has 0 unspecified atom stereocenters. The monoisotopic (exact) mass is 508 g/mol. The Hall–Kier alpha value is -2.15. The lowest BCUT2D eigenvalue weighted by atomic mass is 10.3. The van der Waals surface area contributed by atoms with Crippen molar-refractivity contribution in [1.82, 2.24) is 0 Å². The van der Waals surface area contributed by atoms with Gasteiger partial charge in [-0.2, -0.15) is 0 Å². The summed E-state index contributed by atoms with van der Waals surface area (Å²) in [6.45, 7) is 0. The zero-order valence-electron chi connectivity index (χ0n) is 15.5. The van der Waals surface area contributed by atoms with E-state index in [2.05, 4.69) is 5.32 Å². The highest BCUT2D eigenvalue weighted by Gasteiger charge is 2.40. The molecule has 3 aromatic carbocycles. The molecule has 0 bridgehead atoms. The molecule has 2 amide bonds. The quantitative estimate of drug-likeness (QED) is 0.367. The van der Waals surface area contributed by atoms with E-state index in [4.69, 9.17) is 46.4 Å². The van der Waals surface area contributed by atoms with Crippen molar-refractivity contribution in [2.75, 3.05) is 10.2 Å². The number of carbonyl (C=O) groups is 2. The predicted molar refractivity (Wildman–Crippen MR) is 128 cm³/mol. The second kappa shape index (κ2) is 9.15. The molecule has 4 rings (SSSR count). The average molecular weight is 510 g/mol. The molecule has 3 aromatic rings. The highest BCUT2D eigenvalue weighted by Crippen LogP contribution is 2.39.